The normalized spacial score (nSPS) is 18.4. The van der Waals surface area contributed by atoms with Crippen LogP contribution in [0, 0.1) is 5.92 Å². The summed E-state index contributed by atoms with van der Waals surface area (Å²) in [6.07, 6.45) is 8.23. The molecule has 5 heteroatoms. The molecule has 1 aliphatic rings. The number of nitrogens with zero attached hydrogens (tertiary/aromatic N) is 4. The molecule has 134 valence electrons. The summed E-state index contributed by atoms with van der Waals surface area (Å²) in [6.45, 7) is 9.17. The lowest BCUT2D eigenvalue weighted by atomic mass is 10.0. The molecule has 0 amide bonds. The molecule has 0 aliphatic carbocycles. The topological polar surface area (TPSA) is 45.5 Å². The molecule has 0 saturated carbocycles. The predicted molar refractivity (Wildman–Crippen MR) is 103 cm³/mol. The fourth-order valence-electron chi connectivity index (χ4n) is 3.31. The number of aliphatic imine (C=N–C) groups is 1. The van der Waals surface area contributed by atoms with Gasteiger partial charge in [-0.3, -0.25) is 0 Å². The van der Waals surface area contributed by atoms with Crippen molar-refractivity contribution in [2.24, 2.45) is 10.9 Å². The molecule has 1 fully saturated rings. The Bertz CT molecular complexity index is 660. The molecule has 2 aromatic rings. The van der Waals surface area contributed by atoms with Gasteiger partial charge in [0.15, 0.2) is 5.96 Å². The van der Waals surface area contributed by atoms with Gasteiger partial charge in [0, 0.05) is 38.6 Å². The number of piperidine rings is 1. The van der Waals surface area contributed by atoms with E-state index < -0.39 is 0 Å². The van der Waals surface area contributed by atoms with Crippen molar-refractivity contribution in [3.63, 3.8) is 0 Å². The van der Waals surface area contributed by atoms with Crippen LogP contribution in [-0.4, -0.2) is 40.0 Å². The van der Waals surface area contributed by atoms with Crippen molar-refractivity contribution in [1.82, 2.24) is 19.8 Å². The Hall–Kier alpha value is -2.30. The summed E-state index contributed by atoms with van der Waals surface area (Å²) in [6, 6.07) is 8.72. The van der Waals surface area contributed by atoms with Gasteiger partial charge in [-0.2, -0.15) is 0 Å². The highest BCUT2D eigenvalue weighted by atomic mass is 15.3. The highest BCUT2D eigenvalue weighted by molar-refractivity contribution is 5.80. The molecule has 1 unspecified atom stereocenters. The van der Waals surface area contributed by atoms with Gasteiger partial charge in [0.25, 0.3) is 0 Å². The van der Waals surface area contributed by atoms with Crippen molar-refractivity contribution < 1.29 is 0 Å². The van der Waals surface area contributed by atoms with Crippen LogP contribution in [-0.2, 0) is 13.1 Å². The summed E-state index contributed by atoms with van der Waals surface area (Å²) in [5.74, 6) is 1.80. The molecule has 1 N–H and O–H groups in total. The third-order valence-electron chi connectivity index (χ3n) is 4.65. The van der Waals surface area contributed by atoms with E-state index in [0.717, 1.165) is 44.6 Å². The first-order chi connectivity index (χ1) is 12.2. The maximum absolute atomic E-state index is 4.86. The number of hydrogen-bond donors (Lipinski definition) is 1. The van der Waals surface area contributed by atoms with Crippen LogP contribution in [0.15, 0.2) is 48.0 Å². The zero-order chi connectivity index (χ0) is 17.5. The van der Waals surface area contributed by atoms with Crippen LogP contribution in [0.25, 0.3) is 0 Å². The summed E-state index contributed by atoms with van der Waals surface area (Å²) in [4.78, 5) is 11.4. The zero-order valence-electron chi connectivity index (χ0n) is 15.4. The van der Waals surface area contributed by atoms with Crippen molar-refractivity contribution in [1.29, 1.82) is 0 Å². The van der Waals surface area contributed by atoms with Crippen LogP contribution < -0.4 is 5.32 Å². The zero-order valence-corrected chi connectivity index (χ0v) is 15.4. The van der Waals surface area contributed by atoms with Crippen molar-refractivity contribution >= 4 is 5.96 Å². The molecule has 0 spiro atoms. The number of benzene rings is 1. The molecule has 2 heterocycles. The molecule has 1 aliphatic heterocycles. The van der Waals surface area contributed by atoms with E-state index in [1.165, 1.54) is 24.0 Å². The van der Waals surface area contributed by atoms with Crippen molar-refractivity contribution in [3.8, 4) is 0 Å². The van der Waals surface area contributed by atoms with Crippen LogP contribution in [0.4, 0.5) is 0 Å². The minimum absolute atomic E-state index is 0.721. The number of nitrogens with one attached hydrogen (secondary N) is 1. The number of imidazole rings is 1. The van der Waals surface area contributed by atoms with E-state index in [2.05, 4.69) is 57.9 Å². The quantitative estimate of drug-likeness (QED) is 0.672. The number of likely N-dealkylation sites (tertiary alicyclic amines) is 1. The van der Waals surface area contributed by atoms with E-state index in [1.807, 2.05) is 18.7 Å². The molecule has 1 aromatic carbocycles. The number of rotatable bonds is 5. The predicted octanol–water partition coefficient (Wildman–Crippen LogP) is 3.13. The Balaban J connectivity index is 1.61. The molecule has 0 radical (unpaired) electrons. The molecule has 0 bridgehead atoms. The highest BCUT2D eigenvalue weighted by Gasteiger charge is 2.18. The maximum Gasteiger partial charge on any atom is 0.194 e. The van der Waals surface area contributed by atoms with Crippen LogP contribution in [0.1, 0.15) is 37.8 Å². The average Bonchev–Trinajstić information content (AvgIpc) is 3.13. The van der Waals surface area contributed by atoms with Crippen LogP contribution >= 0.6 is 0 Å². The molecule has 1 saturated heterocycles. The molecule has 1 aromatic heterocycles. The summed E-state index contributed by atoms with van der Waals surface area (Å²) < 4.78 is 2.08. The van der Waals surface area contributed by atoms with Gasteiger partial charge in [-0.1, -0.05) is 31.2 Å². The number of hydrogen-bond acceptors (Lipinski definition) is 2. The third kappa shape index (κ3) is 5.08. The first-order valence-corrected chi connectivity index (χ1v) is 9.31. The van der Waals surface area contributed by atoms with Gasteiger partial charge in [0.2, 0.25) is 0 Å². The van der Waals surface area contributed by atoms with Crippen LogP contribution in [0.3, 0.4) is 0 Å². The van der Waals surface area contributed by atoms with Crippen molar-refractivity contribution in [2.45, 2.75) is 39.8 Å². The SMILES string of the molecule is CCNC(=NCc1ccc(Cn2ccnc2)cc1)N1CCCC(C)C1. The van der Waals surface area contributed by atoms with Crippen LogP contribution in [0.2, 0.25) is 0 Å². The Morgan fingerprint density at radius 2 is 2.08 bits per heavy atom. The van der Waals surface area contributed by atoms with E-state index in [9.17, 15) is 0 Å². The highest BCUT2D eigenvalue weighted by Crippen LogP contribution is 2.16. The van der Waals surface area contributed by atoms with Gasteiger partial charge in [-0.25, -0.2) is 9.98 Å². The van der Waals surface area contributed by atoms with E-state index in [1.54, 1.807) is 0 Å². The first kappa shape index (κ1) is 17.5. The van der Waals surface area contributed by atoms with Crippen molar-refractivity contribution in [3.05, 3.63) is 54.1 Å². The number of guanidine groups is 1. The average molecular weight is 339 g/mol. The van der Waals surface area contributed by atoms with Crippen molar-refractivity contribution in [2.75, 3.05) is 19.6 Å². The Morgan fingerprint density at radius 1 is 1.28 bits per heavy atom. The molecule has 1 atom stereocenters. The minimum atomic E-state index is 0.721. The lowest BCUT2D eigenvalue weighted by molar-refractivity contribution is 0.266. The van der Waals surface area contributed by atoms with E-state index in [4.69, 9.17) is 4.99 Å². The summed E-state index contributed by atoms with van der Waals surface area (Å²) >= 11 is 0. The fourth-order valence-corrected chi connectivity index (χ4v) is 3.31. The lowest BCUT2D eigenvalue weighted by Gasteiger charge is -2.33. The third-order valence-corrected chi connectivity index (χ3v) is 4.65. The summed E-state index contributed by atoms with van der Waals surface area (Å²) in [5, 5.41) is 3.45. The van der Waals surface area contributed by atoms with Gasteiger partial charge in [-0.05, 0) is 36.8 Å². The molecular formula is C20H29N5. The van der Waals surface area contributed by atoms with Crippen LogP contribution in [0.5, 0.6) is 0 Å². The van der Waals surface area contributed by atoms with Gasteiger partial charge in [0.1, 0.15) is 0 Å². The summed E-state index contributed by atoms with van der Waals surface area (Å²) in [7, 11) is 0. The smallest absolute Gasteiger partial charge is 0.194 e. The molecule has 25 heavy (non-hydrogen) atoms. The lowest BCUT2D eigenvalue weighted by Crippen LogP contribution is -2.46. The van der Waals surface area contributed by atoms with Gasteiger partial charge < -0.3 is 14.8 Å². The van der Waals surface area contributed by atoms with Gasteiger partial charge in [0.05, 0.1) is 12.9 Å². The Kier molecular flexibility index (Phi) is 6.09. The first-order valence-electron chi connectivity index (χ1n) is 9.31. The molecule has 3 rings (SSSR count). The largest absolute Gasteiger partial charge is 0.357 e. The Labute approximate surface area is 150 Å². The van der Waals surface area contributed by atoms with E-state index >= 15 is 0 Å². The standard InChI is InChI=1S/C20H29N5/c1-3-22-20(25-11-4-5-17(2)14-25)23-13-18-6-8-19(9-7-18)15-24-12-10-21-16-24/h6-10,12,16-17H,3-5,11,13-15H2,1-2H3,(H,22,23). The fraction of sp³-hybridized carbons (Fsp3) is 0.500. The minimum Gasteiger partial charge on any atom is -0.357 e. The second-order valence-electron chi connectivity index (χ2n) is 6.92. The summed E-state index contributed by atoms with van der Waals surface area (Å²) in [5.41, 5.74) is 2.53. The second kappa shape index (κ2) is 8.70. The monoisotopic (exact) mass is 339 g/mol. The van der Waals surface area contributed by atoms with E-state index in [-0.39, 0.29) is 0 Å². The molecular weight excluding hydrogens is 310 g/mol. The molecule has 5 nitrogen and oxygen atoms in total. The Morgan fingerprint density at radius 3 is 2.76 bits per heavy atom. The second-order valence-corrected chi connectivity index (χ2v) is 6.92. The van der Waals surface area contributed by atoms with E-state index in [0.29, 0.717) is 0 Å². The maximum atomic E-state index is 4.86. The van der Waals surface area contributed by atoms with Gasteiger partial charge in [-0.15, -0.1) is 0 Å². The number of aromatic nitrogens is 2. The van der Waals surface area contributed by atoms with Gasteiger partial charge >= 0.3 is 0 Å².